The topological polar surface area (TPSA) is 78.9 Å². The first-order valence-corrected chi connectivity index (χ1v) is 5.61. The average molecular weight is 235 g/mol. The number of nitrogens with zero attached hydrogens (tertiary/aromatic N) is 3. The summed E-state index contributed by atoms with van der Waals surface area (Å²) in [6.45, 7) is 4.58. The van der Waals surface area contributed by atoms with Crippen molar-refractivity contribution in [3.63, 3.8) is 0 Å². The van der Waals surface area contributed by atoms with Gasteiger partial charge in [0.15, 0.2) is 5.69 Å². The summed E-state index contributed by atoms with van der Waals surface area (Å²) < 4.78 is 1.77. The lowest BCUT2D eigenvalue weighted by Gasteiger charge is -2.14. The van der Waals surface area contributed by atoms with Crippen LogP contribution in [0.15, 0.2) is 12.5 Å². The van der Waals surface area contributed by atoms with Crippen molar-refractivity contribution in [1.29, 1.82) is 5.26 Å². The predicted octanol–water partition coefficient (Wildman–Crippen LogP) is 2.30. The van der Waals surface area contributed by atoms with Crippen LogP contribution in [0.5, 0.6) is 0 Å². The van der Waals surface area contributed by atoms with E-state index in [9.17, 15) is 4.79 Å². The van der Waals surface area contributed by atoms with E-state index in [0.29, 0.717) is 0 Å². The zero-order valence-electron chi connectivity index (χ0n) is 10.2. The molecule has 0 aliphatic carbocycles. The predicted molar refractivity (Wildman–Crippen MR) is 62.4 cm³/mol. The van der Waals surface area contributed by atoms with Gasteiger partial charge in [-0.25, -0.2) is 9.78 Å². The minimum absolute atomic E-state index is 0.0716. The van der Waals surface area contributed by atoms with Gasteiger partial charge in [0.05, 0.1) is 17.8 Å². The second kappa shape index (κ2) is 5.48. The van der Waals surface area contributed by atoms with Crippen LogP contribution in [-0.2, 0) is 6.54 Å². The van der Waals surface area contributed by atoms with Gasteiger partial charge in [-0.2, -0.15) is 5.26 Å². The van der Waals surface area contributed by atoms with Gasteiger partial charge in [-0.05, 0) is 26.7 Å². The largest absolute Gasteiger partial charge is 0.476 e. The van der Waals surface area contributed by atoms with Gasteiger partial charge >= 0.3 is 5.97 Å². The number of carbonyl (C=O) groups is 1. The third kappa shape index (κ3) is 4.27. The van der Waals surface area contributed by atoms with Crippen LogP contribution in [0.1, 0.15) is 43.6 Å². The number of hydrogen-bond donors (Lipinski definition) is 1. The van der Waals surface area contributed by atoms with E-state index in [0.717, 1.165) is 25.8 Å². The number of unbranched alkanes of at least 4 members (excludes halogenated alkanes) is 1. The van der Waals surface area contributed by atoms with Crippen molar-refractivity contribution in [2.45, 2.75) is 39.7 Å². The molecule has 0 aromatic carbocycles. The molecule has 0 atom stereocenters. The Bertz CT molecular complexity index is 429. The molecule has 1 heterocycles. The van der Waals surface area contributed by atoms with Crippen LogP contribution in [0.3, 0.4) is 0 Å². The third-order valence-electron chi connectivity index (χ3n) is 2.62. The summed E-state index contributed by atoms with van der Waals surface area (Å²) in [6.07, 6.45) is 5.77. The molecule has 17 heavy (non-hydrogen) atoms. The molecule has 5 nitrogen and oxygen atoms in total. The average Bonchev–Trinajstić information content (AvgIpc) is 2.73. The van der Waals surface area contributed by atoms with Gasteiger partial charge in [-0.15, -0.1) is 0 Å². The summed E-state index contributed by atoms with van der Waals surface area (Å²) in [7, 11) is 0. The molecule has 0 spiro atoms. The third-order valence-corrected chi connectivity index (χ3v) is 2.62. The van der Waals surface area contributed by atoms with Crippen molar-refractivity contribution in [3.8, 4) is 6.07 Å². The Labute approximate surface area is 101 Å². The number of nitriles is 1. The van der Waals surface area contributed by atoms with E-state index >= 15 is 0 Å². The first kappa shape index (κ1) is 13.2. The van der Waals surface area contributed by atoms with Crippen molar-refractivity contribution in [1.82, 2.24) is 9.55 Å². The van der Waals surface area contributed by atoms with Gasteiger partial charge in [0.1, 0.15) is 0 Å². The lowest BCUT2D eigenvalue weighted by molar-refractivity contribution is 0.0691. The van der Waals surface area contributed by atoms with Crippen molar-refractivity contribution in [3.05, 3.63) is 18.2 Å². The number of aromatic nitrogens is 2. The van der Waals surface area contributed by atoms with Crippen molar-refractivity contribution in [2.24, 2.45) is 5.41 Å². The number of rotatable bonds is 6. The molecule has 1 N–H and O–H groups in total. The molecule has 0 amide bonds. The van der Waals surface area contributed by atoms with E-state index in [1.165, 1.54) is 12.5 Å². The highest BCUT2D eigenvalue weighted by Gasteiger charge is 2.15. The maximum atomic E-state index is 10.6. The quantitative estimate of drug-likeness (QED) is 0.767. The molecule has 0 aliphatic heterocycles. The first-order valence-electron chi connectivity index (χ1n) is 5.61. The second-order valence-electron chi connectivity index (χ2n) is 4.75. The standard InChI is InChI=1S/C12H17N3O2/c1-12(2,8-13)5-3-4-6-15-7-10(11(16)17)14-9-15/h7,9H,3-6H2,1-2H3,(H,16,17). The Morgan fingerprint density at radius 1 is 1.59 bits per heavy atom. The summed E-state index contributed by atoms with van der Waals surface area (Å²) in [5, 5.41) is 17.5. The van der Waals surface area contributed by atoms with Crippen LogP contribution in [0, 0.1) is 16.7 Å². The summed E-state index contributed by atoms with van der Waals surface area (Å²) in [6, 6.07) is 2.26. The lowest BCUT2D eigenvalue weighted by Crippen LogP contribution is -2.07. The molecule has 1 aromatic heterocycles. The molecular weight excluding hydrogens is 218 g/mol. The van der Waals surface area contributed by atoms with E-state index < -0.39 is 5.97 Å². The van der Waals surface area contributed by atoms with Crippen molar-refractivity contribution in [2.75, 3.05) is 0 Å². The maximum Gasteiger partial charge on any atom is 0.356 e. The molecule has 1 aromatic rings. The number of imidazole rings is 1. The van der Waals surface area contributed by atoms with Crippen LogP contribution in [0.4, 0.5) is 0 Å². The zero-order chi connectivity index (χ0) is 12.9. The Morgan fingerprint density at radius 3 is 2.82 bits per heavy atom. The summed E-state index contributed by atoms with van der Waals surface area (Å²) in [4.78, 5) is 14.4. The van der Waals surface area contributed by atoms with Gasteiger partial charge in [0.25, 0.3) is 0 Å². The fourth-order valence-corrected chi connectivity index (χ4v) is 1.51. The number of carboxylic acids is 1. The number of carboxylic acid groups (broad SMARTS) is 1. The van der Waals surface area contributed by atoms with Gasteiger partial charge in [0, 0.05) is 12.7 Å². The summed E-state index contributed by atoms with van der Waals surface area (Å²) in [5.74, 6) is -1.01. The highest BCUT2D eigenvalue weighted by molar-refractivity contribution is 5.84. The Hall–Kier alpha value is -1.83. The molecule has 5 heteroatoms. The molecule has 1 rings (SSSR count). The highest BCUT2D eigenvalue weighted by atomic mass is 16.4. The van der Waals surface area contributed by atoms with Crippen LogP contribution >= 0.6 is 0 Å². The highest BCUT2D eigenvalue weighted by Crippen LogP contribution is 2.21. The van der Waals surface area contributed by atoms with Gasteiger partial charge < -0.3 is 9.67 Å². The number of aryl methyl sites for hydroxylation is 1. The van der Waals surface area contributed by atoms with E-state index in [4.69, 9.17) is 10.4 Å². The molecule has 0 bridgehead atoms. The molecule has 0 saturated heterocycles. The minimum atomic E-state index is -1.01. The fourth-order valence-electron chi connectivity index (χ4n) is 1.51. The molecular formula is C12H17N3O2. The van der Waals surface area contributed by atoms with E-state index in [-0.39, 0.29) is 11.1 Å². The van der Waals surface area contributed by atoms with Gasteiger partial charge in [-0.3, -0.25) is 0 Å². The lowest BCUT2D eigenvalue weighted by atomic mass is 9.89. The number of hydrogen-bond acceptors (Lipinski definition) is 3. The molecule has 0 saturated carbocycles. The Kier molecular flexibility index (Phi) is 4.27. The van der Waals surface area contributed by atoms with E-state index in [1.807, 2.05) is 13.8 Å². The smallest absolute Gasteiger partial charge is 0.356 e. The van der Waals surface area contributed by atoms with E-state index in [2.05, 4.69) is 11.1 Å². The molecule has 0 fully saturated rings. The van der Waals surface area contributed by atoms with Gasteiger partial charge in [-0.1, -0.05) is 6.42 Å². The monoisotopic (exact) mass is 235 g/mol. The fraction of sp³-hybridized carbons (Fsp3) is 0.583. The van der Waals surface area contributed by atoms with Gasteiger partial charge in [0.2, 0.25) is 0 Å². The Balaban J connectivity index is 2.32. The van der Waals surface area contributed by atoms with E-state index in [1.54, 1.807) is 4.57 Å². The summed E-state index contributed by atoms with van der Waals surface area (Å²) >= 11 is 0. The Morgan fingerprint density at radius 2 is 2.29 bits per heavy atom. The van der Waals surface area contributed by atoms with Crippen LogP contribution in [0.2, 0.25) is 0 Å². The zero-order valence-corrected chi connectivity index (χ0v) is 10.2. The van der Waals surface area contributed by atoms with Crippen molar-refractivity contribution >= 4 is 5.97 Å². The maximum absolute atomic E-state index is 10.6. The molecule has 0 unspecified atom stereocenters. The van der Waals surface area contributed by atoms with Crippen LogP contribution < -0.4 is 0 Å². The summed E-state index contributed by atoms with van der Waals surface area (Å²) in [5.41, 5.74) is -0.205. The number of aromatic carboxylic acids is 1. The first-order chi connectivity index (χ1) is 7.94. The normalized spacial score (nSPS) is 11.1. The molecule has 92 valence electrons. The van der Waals surface area contributed by atoms with Crippen LogP contribution in [0.25, 0.3) is 0 Å². The minimum Gasteiger partial charge on any atom is -0.476 e. The second-order valence-corrected chi connectivity index (χ2v) is 4.75. The van der Waals surface area contributed by atoms with Crippen molar-refractivity contribution < 1.29 is 9.90 Å². The molecule has 0 aliphatic rings. The van der Waals surface area contributed by atoms with Crippen LogP contribution in [-0.4, -0.2) is 20.6 Å². The SMILES string of the molecule is CC(C)(C#N)CCCCn1cnc(C(=O)O)c1. The molecule has 0 radical (unpaired) electrons.